The summed E-state index contributed by atoms with van der Waals surface area (Å²) in [5.41, 5.74) is 6.66. The third-order valence-corrected chi connectivity index (χ3v) is 22.7. The summed E-state index contributed by atoms with van der Waals surface area (Å²) in [6.45, 7) is 32.5. The number of hydrogen-bond acceptors (Lipinski definition) is 10. The highest BCUT2D eigenvalue weighted by molar-refractivity contribution is 6.44. The molecule has 4 aliphatic heterocycles. The van der Waals surface area contributed by atoms with Crippen molar-refractivity contribution < 1.29 is 38.4 Å². The number of benzene rings is 10. The number of amides is 8. The standard InChI is InChI=1S/C90H80N6O8/c1-41(2)79(42(3)4)93-83(97)59-29-23-53-55-25-31-63-75-65(89(103)95(87(63)101)81(45(9)10)46(11)12)37-51(69(77(55)75)57-27-33-61(85(93)99)73(59)71(53)57)21-17-49-19-35-67(91-39-49)68-36-20-50(40-92-68)18-22-52-38-66-76-64(88(102)96(90(66)104)82(47(13)14)48(15)16)32-26-56-54-24-30-60-74-62(34-28-58(72(54)74)70(52)78(56)76)86(100)94(84(60)98)80(43(5)6)44(7)8/h19-20,23-48,79-82H,1-16H3. The van der Waals surface area contributed by atoms with Crippen LogP contribution in [0.25, 0.3) is 97.6 Å². The van der Waals surface area contributed by atoms with E-state index in [1.54, 1.807) is 12.4 Å². The van der Waals surface area contributed by atoms with Gasteiger partial charge in [-0.1, -0.05) is 171 Å². The molecule has 6 heterocycles. The number of hydrogen-bond donors (Lipinski definition) is 0. The van der Waals surface area contributed by atoms with E-state index in [4.69, 9.17) is 9.97 Å². The maximum Gasteiger partial charge on any atom is 0.261 e. The number of imide groups is 4. The van der Waals surface area contributed by atoms with Gasteiger partial charge in [-0.2, -0.15) is 0 Å². The zero-order valence-corrected chi connectivity index (χ0v) is 61.4. The second-order valence-corrected chi connectivity index (χ2v) is 31.9. The van der Waals surface area contributed by atoms with Crippen molar-refractivity contribution in [1.29, 1.82) is 0 Å². The second kappa shape index (κ2) is 24.2. The average Bonchev–Trinajstić information content (AvgIpc) is 0.688. The molecule has 0 atom stereocenters. The minimum atomic E-state index is -0.391. The van der Waals surface area contributed by atoms with E-state index in [1.807, 2.05) is 220 Å². The minimum Gasteiger partial charge on any atom is -0.271 e. The Labute approximate surface area is 603 Å². The minimum absolute atomic E-state index is 0.0108. The summed E-state index contributed by atoms with van der Waals surface area (Å²) in [6.07, 6.45) is 3.34. The van der Waals surface area contributed by atoms with Crippen molar-refractivity contribution in [3.8, 4) is 35.1 Å². The number of nitrogens with zero attached hydrogens (tertiary/aromatic N) is 6. The van der Waals surface area contributed by atoms with Crippen LogP contribution in [0.5, 0.6) is 0 Å². The highest BCUT2D eigenvalue weighted by atomic mass is 16.2. The van der Waals surface area contributed by atoms with Crippen molar-refractivity contribution in [1.82, 2.24) is 29.6 Å². The second-order valence-electron chi connectivity index (χ2n) is 31.9. The van der Waals surface area contributed by atoms with Gasteiger partial charge in [-0.15, -0.1) is 0 Å². The molecular formula is C90H80N6O8. The quantitative estimate of drug-likeness (QED) is 0.0467. The average molecular weight is 1370 g/mol. The molecule has 0 radical (unpaired) electrons. The van der Waals surface area contributed by atoms with Gasteiger partial charge in [0, 0.05) is 146 Å². The van der Waals surface area contributed by atoms with Gasteiger partial charge in [0.1, 0.15) is 0 Å². The summed E-state index contributed by atoms with van der Waals surface area (Å²) in [5, 5.41) is 11.1. The van der Waals surface area contributed by atoms with Crippen LogP contribution < -0.4 is 0 Å². The third-order valence-electron chi connectivity index (χ3n) is 22.7. The lowest BCUT2D eigenvalue weighted by atomic mass is 9.79. The summed E-state index contributed by atoms with van der Waals surface area (Å²) < 4.78 is 0. The summed E-state index contributed by atoms with van der Waals surface area (Å²) in [6, 6.07) is 32.1. The summed E-state index contributed by atoms with van der Waals surface area (Å²) >= 11 is 0. The molecule has 10 aromatic carbocycles. The Hall–Kier alpha value is -11.2. The molecule has 0 unspecified atom stereocenters. The molecule has 14 heteroatoms. The van der Waals surface area contributed by atoms with Gasteiger partial charge in [0.05, 0.1) is 11.4 Å². The van der Waals surface area contributed by atoms with Gasteiger partial charge in [-0.25, -0.2) is 0 Å². The van der Waals surface area contributed by atoms with Gasteiger partial charge < -0.3 is 0 Å². The van der Waals surface area contributed by atoms with Crippen molar-refractivity contribution in [3.63, 3.8) is 0 Å². The SMILES string of the molecule is CC(C)C(C(C)C)N1C(=O)c2ccc3c4ccc5c6c(cc(C#Cc7ccc(-c8ccc(C#Cc9cc%10c%11c(ccc%12c%13ccc%14c%15c(ccc(c9c%11%12)c%15%13)C(=O)N(C(C(C)C)C(C)C)C%14=O)C(=O)N(C(C(C)C)C(C)C)C%10=O)cn8)nc7)c(c7ccc(c2c37)C1=O)c64)C(=O)N(C(C(C)C)C(C)C)C5=O. The lowest BCUT2D eigenvalue weighted by molar-refractivity contribution is 0.0423. The lowest BCUT2D eigenvalue weighted by Crippen LogP contribution is -2.51. The van der Waals surface area contributed by atoms with Crippen LogP contribution in [0, 0.1) is 71.0 Å². The van der Waals surface area contributed by atoms with Gasteiger partial charge in [0.15, 0.2) is 0 Å². The Balaban J connectivity index is 0.800. The van der Waals surface area contributed by atoms with Gasteiger partial charge in [-0.05, 0) is 163 Å². The molecule has 0 aliphatic carbocycles. The predicted molar refractivity (Wildman–Crippen MR) is 411 cm³/mol. The first-order valence-electron chi connectivity index (χ1n) is 36.6. The molecule has 0 saturated heterocycles. The third kappa shape index (κ3) is 9.55. The van der Waals surface area contributed by atoms with E-state index in [9.17, 15) is 28.8 Å². The smallest absolute Gasteiger partial charge is 0.261 e. The van der Waals surface area contributed by atoms with Crippen molar-refractivity contribution in [2.45, 2.75) is 135 Å². The monoisotopic (exact) mass is 1370 g/mol. The molecule has 0 bridgehead atoms. The maximum atomic E-state index is 15.2. The molecule has 16 rings (SSSR count). The molecule has 8 amide bonds. The number of pyridine rings is 2. The van der Waals surface area contributed by atoms with E-state index < -0.39 is 11.8 Å². The van der Waals surface area contributed by atoms with Gasteiger partial charge >= 0.3 is 0 Å². The van der Waals surface area contributed by atoms with E-state index in [2.05, 4.69) is 23.7 Å². The molecule has 0 N–H and O–H groups in total. The summed E-state index contributed by atoms with van der Waals surface area (Å²) in [7, 11) is 0. The number of rotatable bonds is 13. The molecule has 0 spiro atoms. The van der Waals surface area contributed by atoms with Crippen LogP contribution in [-0.4, -0.2) is 101 Å². The summed E-state index contributed by atoms with van der Waals surface area (Å²) in [5.74, 6) is 10.8. The molecule has 518 valence electrons. The Morgan fingerprint density at radius 2 is 0.471 bits per heavy atom. The molecular weight excluding hydrogens is 1290 g/mol. The highest BCUT2D eigenvalue weighted by Crippen LogP contribution is 2.51. The first-order valence-corrected chi connectivity index (χ1v) is 36.6. The zero-order chi connectivity index (χ0) is 73.6. The molecule has 12 aromatic rings. The fourth-order valence-electron chi connectivity index (χ4n) is 19.1. The topological polar surface area (TPSA) is 175 Å². The van der Waals surface area contributed by atoms with Crippen LogP contribution in [0.1, 0.15) is 216 Å². The van der Waals surface area contributed by atoms with Crippen LogP contribution in [0.15, 0.2) is 122 Å². The molecule has 104 heavy (non-hydrogen) atoms. The number of fused-ring (bicyclic) bond motifs is 4. The van der Waals surface area contributed by atoms with E-state index in [0.29, 0.717) is 121 Å². The van der Waals surface area contributed by atoms with Crippen LogP contribution in [0.2, 0.25) is 0 Å². The fraction of sp³-hybridized carbons (Fsp3) is 0.311. The van der Waals surface area contributed by atoms with Crippen LogP contribution in [0.4, 0.5) is 0 Å². The fourth-order valence-corrected chi connectivity index (χ4v) is 19.1. The van der Waals surface area contributed by atoms with Crippen molar-refractivity contribution in [3.05, 3.63) is 188 Å². The number of carbonyl (C=O) groups is 8. The molecule has 0 saturated carbocycles. The lowest BCUT2D eigenvalue weighted by Gasteiger charge is -2.39. The normalized spacial score (nSPS) is 14.9. The Morgan fingerprint density at radius 1 is 0.240 bits per heavy atom. The van der Waals surface area contributed by atoms with Gasteiger partial charge in [0.25, 0.3) is 47.3 Å². The molecule has 14 nitrogen and oxygen atoms in total. The molecule has 2 aromatic heterocycles. The van der Waals surface area contributed by atoms with Crippen molar-refractivity contribution >= 4 is 133 Å². The van der Waals surface area contributed by atoms with Crippen molar-refractivity contribution in [2.24, 2.45) is 47.3 Å². The first-order chi connectivity index (χ1) is 49.6. The van der Waals surface area contributed by atoms with E-state index in [-0.39, 0.29) is 107 Å². The summed E-state index contributed by atoms with van der Waals surface area (Å²) in [4.78, 5) is 135. The largest absolute Gasteiger partial charge is 0.271 e. The van der Waals surface area contributed by atoms with Gasteiger partial charge in [-0.3, -0.25) is 67.9 Å². The van der Waals surface area contributed by atoms with Crippen LogP contribution >= 0.6 is 0 Å². The number of aromatic nitrogens is 2. The molecule has 4 aliphatic rings. The van der Waals surface area contributed by atoms with Crippen LogP contribution in [-0.2, 0) is 0 Å². The predicted octanol–water partition coefficient (Wildman–Crippen LogP) is 18.2. The highest BCUT2D eigenvalue weighted by Gasteiger charge is 2.47. The Morgan fingerprint density at radius 3 is 0.712 bits per heavy atom. The van der Waals surface area contributed by atoms with E-state index in [1.165, 1.54) is 19.6 Å². The maximum absolute atomic E-state index is 15.2. The van der Waals surface area contributed by atoms with E-state index in [0.717, 1.165) is 43.1 Å². The Bertz CT molecular complexity index is 5570. The van der Waals surface area contributed by atoms with E-state index >= 15 is 9.59 Å². The first kappa shape index (κ1) is 67.3. The van der Waals surface area contributed by atoms with Gasteiger partial charge in [0.2, 0.25) is 0 Å². The molecule has 0 fully saturated rings. The van der Waals surface area contributed by atoms with Crippen LogP contribution in [0.3, 0.4) is 0 Å². The Kier molecular flexibility index (Phi) is 15.7. The number of carbonyl (C=O) groups excluding carboxylic acids is 8. The zero-order valence-electron chi connectivity index (χ0n) is 61.4. The van der Waals surface area contributed by atoms with Crippen molar-refractivity contribution in [2.75, 3.05) is 0 Å².